The molecule has 0 saturated heterocycles. The van der Waals surface area contributed by atoms with Crippen LogP contribution in [0, 0.1) is 0 Å². The van der Waals surface area contributed by atoms with E-state index in [2.05, 4.69) is 15.3 Å². The van der Waals surface area contributed by atoms with Gasteiger partial charge in [0.2, 0.25) is 0 Å². The van der Waals surface area contributed by atoms with E-state index in [9.17, 15) is 9.59 Å². The standard InChI is InChI=1S/C7H13NO4.C3H3N2/c1-7(2,3)12-6(11)8-4-5(9)10;1-2-5-3-4-1/h4H2,1-3H3,(H,8,11)(H,9,10);1-3H/q;-1. The summed E-state index contributed by atoms with van der Waals surface area (Å²) in [4.78, 5) is 28.0. The maximum atomic E-state index is 10.8. The number of rotatable bonds is 2. The zero-order chi connectivity index (χ0) is 13.3. The van der Waals surface area contributed by atoms with Crippen LogP contribution in [0.15, 0.2) is 18.7 Å². The van der Waals surface area contributed by atoms with E-state index in [1.54, 1.807) is 33.2 Å². The van der Waals surface area contributed by atoms with Gasteiger partial charge in [-0.3, -0.25) is 4.79 Å². The Bertz CT molecular complexity index is 313. The first kappa shape index (κ1) is 14.9. The van der Waals surface area contributed by atoms with Crippen molar-refractivity contribution in [2.75, 3.05) is 6.54 Å². The average Bonchev–Trinajstić information content (AvgIpc) is 2.69. The third-order valence-electron chi connectivity index (χ3n) is 1.15. The molecule has 2 N–H and O–H groups in total. The summed E-state index contributed by atoms with van der Waals surface area (Å²) in [5.74, 6) is -1.10. The first-order valence-electron chi connectivity index (χ1n) is 4.86. The zero-order valence-corrected chi connectivity index (χ0v) is 10.0. The molecule has 0 aromatic carbocycles. The molecule has 0 unspecified atom stereocenters. The molecule has 1 rings (SSSR count). The first-order valence-corrected chi connectivity index (χ1v) is 4.86. The maximum Gasteiger partial charge on any atom is 0.408 e. The molecule has 0 bridgehead atoms. The van der Waals surface area contributed by atoms with Crippen LogP contribution in [-0.2, 0) is 9.53 Å². The van der Waals surface area contributed by atoms with Crippen molar-refractivity contribution >= 4 is 12.1 Å². The number of amides is 1. The molecule has 0 radical (unpaired) electrons. The Kier molecular flexibility index (Phi) is 6.39. The molecule has 0 aliphatic carbocycles. The number of carbonyl (C=O) groups excluding carboxylic acids is 1. The monoisotopic (exact) mass is 242 g/mol. The number of aromatic nitrogens is 2. The van der Waals surface area contributed by atoms with Gasteiger partial charge in [-0.1, -0.05) is 18.7 Å². The van der Waals surface area contributed by atoms with Crippen molar-refractivity contribution in [2.24, 2.45) is 0 Å². The van der Waals surface area contributed by atoms with E-state index < -0.39 is 24.2 Å². The van der Waals surface area contributed by atoms with E-state index in [-0.39, 0.29) is 0 Å². The van der Waals surface area contributed by atoms with Crippen molar-refractivity contribution in [3.05, 3.63) is 18.7 Å². The second kappa shape index (κ2) is 7.26. The van der Waals surface area contributed by atoms with Crippen LogP contribution in [0.4, 0.5) is 4.79 Å². The van der Waals surface area contributed by atoms with Crippen LogP contribution in [-0.4, -0.2) is 34.3 Å². The minimum absolute atomic E-state index is 0.422. The van der Waals surface area contributed by atoms with Gasteiger partial charge in [-0.25, -0.2) is 4.79 Å². The number of aliphatic carboxylic acids is 1. The van der Waals surface area contributed by atoms with Gasteiger partial charge in [-0.15, -0.1) is 0 Å². The Morgan fingerprint density at radius 3 is 2.41 bits per heavy atom. The number of ether oxygens (including phenoxy) is 1. The molecule has 0 spiro atoms. The van der Waals surface area contributed by atoms with Gasteiger partial charge < -0.3 is 25.1 Å². The highest BCUT2D eigenvalue weighted by molar-refractivity contribution is 5.76. The van der Waals surface area contributed by atoms with Crippen LogP contribution >= 0.6 is 0 Å². The second-order valence-corrected chi connectivity index (χ2v) is 3.96. The Morgan fingerprint density at radius 1 is 1.47 bits per heavy atom. The number of imidazole rings is 1. The van der Waals surface area contributed by atoms with Crippen molar-refractivity contribution in [2.45, 2.75) is 26.4 Å². The lowest BCUT2D eigenvalue weighted by Gasteiger charge is -2.19. The molecular weight excluding hydrogens is 226 g/mol. The van der Waals surface area contributed by atoms with E-state index in [0.717, 1.165) is 0 Å². The fourth-order valence-corrected chi connectivity index (χ4v) is 0.654. The average molecular weight is 242 g/mol. The quantitative estimate of drug-likeness (QED) is 0.788. The van der Waals surface area contributed by atoms with Gasteiger partial charge in [-0.05, 0) is 20.8 Å². The highest BCUT2D eigenvalue weighted by Crippen LogP contribution is 2.05. The summed E-state index contributed by atoms with van der Waals surface area (Å²) >= 11 is 0. The minimum atomic E-state index is -1.10. The van der Waals surface area contributed by atoms with Crippen molar-refractivity contribution in [1.29, 1.82) is 0 Å². The van der Waals surface area contributed by atoms with Crippen molar-refractivity contribution < 1.29 is 19.4 Å². The van der Waals surface area contributed by atoms with Gasteiger partial charge in [0, 0.05) is 0 Å². The SMILES string of the molecule is CC(C)(C)OC(=O)NCC(=O)O.c1c[n-]cn1. The van der Waals surface area contributed by atoms with Gasteiger partial charge in [0.15, 0.2) is 0 Å². The lowest BCUT2D eigenvalue weighted by molar-refractivity contribution is -0.136. The van der Waals surface area contributed by atoms with E-state index in [1.165, 1.54) is 6.33 Å². The Morgan fingerprint density at radius 2 is 2.12 bits per heavy atom. The normalized spacial score (nSPS) is 9.82. The summed E-state index contributed by atoms with van der Waals surface area (Å²) in [5.41, 5.74) is -0.595. The minimum Gasteiger partial charge on any atom is -0.480 e. The van der Waals surface area contributed by atoms with E-state index in [1.807, 2.05) is 0 Å². The summed E-state index contributed by atoms with van der Waals surface area (Å²) in [7, 11) is 0. The van der Waals surface area contributed by atoms with Gasteiger partial charge in [0.05, 0.1) is 0 Å². The van der Waals surface area contributed by atoms with Gasteiger partial charge in [0.1, 0.15) is 12.1 Å². The molecule has 7 heteroatoms. The molecule has 0 saturated carbocycles. The molecule has 7 nitrogen and oxygen atoms in total. The van der Waals surface area contributed by atoms with E-state index in [4.69, 9.17) is 9.84 Å². The molecule has 0 aliphatic heterocycles. The Balaban J connectivity index is 0.000000419. The number of carboxylic acid groups (broad SMARTS) is 1. The summed E-state index contributed by atoms with van der Waals surface area (Å²) in [5, 5.41) is 10.3. The van der Waals surface area contributed by atoms with E-state index >= 15 is 0 Å². The largest absolute Gasteiger partial charge is 0.480 e. The number of alkyl carbamates (subject to hydrolysis) is 1. The van der Waals surface area contributed by atoms with Crippen LogP contribution in [0.3, 0.4) is 0 Å². The number of carbonyl (C=O) groups is 2. The van der Waals surface area contributed by atoms with Crippen molar-refractivity contribution in [3.63, 3.8) is 0 Å². The van der Waals surface area contributed by atoms with Crippen LogP contribution < -0.4 is 10.3 Å². The molecular formula is C10H16N3O4-. The first-order chi connectivity index (χ1) is 7.81. The second-order valence-electron chi connectivity index (χ2n) is 3.96. The number of hydrogen-bond donors (Lipinski definition) is 2. The van der Waals surface area contributed by atoms with Crippen molar-refractivity contribution in [3.8, 4) is 0 Å². The molecule has 0 atom stereocenters. The molecule has 1 heterocycles. The summed E-state index contributed by atoms with van der Waals surface area (Å²) in [6.45, 7) is 4.68. The van der Waals surface area contributed by atoms with Crippen LogP contribution in [0.2, 0.25) is 0 Å². The molecule has 1 aromatic rings. The Hall–Kier alpha value is -2.05. The van der Waals surface area contributed by atoms with Gasteiger partial charge in [0.25, 0.3) is 0 Å². The molecule has 1 aromatic heterocycles. The third kappa shape index (κ3) is 11.9. The van der Waals surface area contributed by atoms with Gasteiger partial charge in [-0.2, -0.15) is 0 Å². The molecule has 0 fully saturated rings. The number of hydrogen-bond acceptors (Lipinski definition) is 4. The summed E-state index contributed by atoms with van der Waals surface area (Å²) < 4.78 is 4.77. The Labute approximate surface area is 99.2 Å². The number of carboxylic acids is 1. The zero-order valence-electron chi connectivity index (χ0n) is 10.0. The van der Waals surface area contributed by atoms with Crippen molar-refractivity contribution in [1.82, 2.24) is 15.3 Å². The fourth-order valence-electron chi connectivity index (χ4n) is 0.654. The number of nitrogens with zero attached hydrogens (tertiary/aromatic N) is 2. The molecule has 96 valence electrons. The smallest absolute Gasteiger partial charge is 0.408 e. The predicted octanol–water partition coefficient (Wildman–Crippen LogP) is 0.634. The molecule has 17 heavy (non-hydrogen) atoms. The topological polar surface area (TPSA) is 103 Å². The highest BCUT2D eigenvalue weighted by Gasteiger charge is 2.15. The highest BCUT2D eigenvalue weighted by atomic mass is 16.6. The summed E-state index contributed by atoms with van der Waals surface area (Å²) in [6.07, 6.45) is 4.06. The maximum absolute atomic E-state index is 10.8. The third-order valence-corrected chi connectivity index (χ3v) is 1.15. The fraction of sp³-hybridized carbons (Fsp3) is 0.500. The van der Waals surface area contributed by atoms with Gasteiger partial charge >= 0.3 is 12.1 Å². The van der Waals surface area contributed by atoms with Crippen LogP contribution in [0.1, 0.15) is 20.8 Å². The van der Waals surface area contributed by atoms with E-state index in [0.29, 0.717) is 0 Å². The lowest BCUT2D eigenvalue weighted by atomic mass is 10.2. The number of nitrogens with one attached hydrogen (secondary N) is 1. The lowest BCUT2D eigenvalue weighted by Crippen LogP contribution is -2.35. The van der Waals surface area contributed by atoms with Crippen LogP contribution in [0.25, 0.3) is 0 Å². The molecule has 0 aliphatic rings. The predicted molar refractivity (Wildman–Crippen MR) is 59.4 cm³/mol. The summed E-state index contributed by atoms with van der Waals surface area (Å²) in [6, 6.07) is 0. The molecule has 1 amide bonds. The van der Waals surface area contributed by atoms with Crippen LogP contribution in [0.5, 0.6) is 0 Å².